The number of benzene rings is 1. The van der Waals surface area contributed by atoms with Crippen molar-refractivity contribution in [1.29, 1.82) is 0 Å². The molecule has 0 N–H and O–H groups in total. The number of nitrogens with zero attached hydrogens (tertiary/aromatic N) is 2. The summed E-state index contributed by atoms with van der Waals surface area (Å²) in [5.41, 5.74) is 0.547. The van der Waals surface area contributed by atoms with Crippen molar-refractivity contribution in [2.45, 2.75) is 6.04 Å². The van der Waals surface area contributed by atoms with Crippen LogP contribution >= 0.6 is 0 Å². The van der Waals surface area contributed by atoms with Gasteiger partial charge < -0.3 is 9.64 Å². The Kier molecular flexibility index (Phi) is 2.85. The zero-order chi connectivity index (χ0) is 16.3. The van der Waals surface area contributed by atoms with Gasteiger partial charge in [-0.15, -0.1) is 0 Å². The number of fused-ring (bicyclic) bond motifs is 1. The maximum absolute atomic E-state index is 12.9. The van der Waals surface area contributed by atoms with Gasteiger partial charge in [0.1, 0.15) is 11.7 Å². The zero-order valence-corrected chi connectivity index (χ0v) is 12.8. The summed E-state index contributed by atoms with van der Waals surface area (Å²) in [5.74, 6) is -2.13. The predicted molar refractivity (Wildman–Crippen MR) is 81.1 cm³/mol. The monoisotopic (exact) mass is 312 g/mol. The molecule has 23 heavy (non-hydrogen) atoms. The highest BCUT2D eigenvalue weighted by Crippen LogP contribution is 2.49. The molecule has 5 rings (SSSR count). The first-order valence-corrected chi connectivity index (χ1v) is 7.51. The normalized spacial score (nSPS) is 32.3. The van der Waals surface area contributed by atoms with E-state index in [0.717, 1.165) is 0 Å². The molecular weight excluding hydrogens is 296 g/mol. The molecule has 4 aliphatic rings. The molecule has 2 bridgehead atoms. The molecule has 2 fully saturated rings. The highest BCUT2D eigenvalue weighted by molar-refractivity contribution is 6.24. The van der Waals surface area contributed by atoms with Crippen molar-refractivity contribution in [3.8, 4) is 0 Å². The Bertz CT molecular complexity index is 742. The number of amides is 3. The lowest BCUT2D eigenvalue weighted by Crippen LogP contribution is -2.59. The molecule has 1 aliphatic carbocycles. The molecule has 6 nitrogen and oxygen atoms in total. The number of rotatable bonds is 2. The minimum Gasteiger partial charge on any atom is -0.500 e. The van der Waals surface area contributed by atoms with Crippen molar-refractivity contribution >= 4 is 23.4 Å². The van der Waals surface area contributed by atoms with Gasteiger partial charge in [0.05, 0.1) is 30.7 Å². The number of methoxy groups -OCH3 is 1. The second-order valence-corrected chi connectivity index (χ2v) is 6.09. The van der Waals surface area contributed by atoms with E-state index >= 15 is 0 Å². The minimum atomic E-state index is -0.704. The number of para-hydroxylation sites is 1. The summed E-state index contributed by atoms with van der Waals surface area (Å²) in [4.78, 5) is 41.1. The van der Waals surface area contributed by atoms with Crippen molar-refractivity contribution in [3.05, 3.63) is 42.2 Å². The number of likely N-dealkylation sites (N-methyl/N-ethyl adjacent to an activating group) is 1. The highest BCUT2D eigenvalue weighted by Gasteiger charge is 2.64. The van der Waals surface area contributed by atoms with Crippen LogP contribution in [-0.4, -0.2) is 42.8 Å². The van der Waals surface area contributed by atoms with Gasteiger partial charge in [-0.25, -0.2) is 4.90 Å². The van der Waals surface area contributed by atoms with E-state index in [-0.39, 0.29) is 17.7 Å². The first-order chi connectivity index (χ1) is 11.1. The van der Waals surface area contributed by atoms with Crippen molar-refractivity contribution in [2.24, 2.45) is 17.8 Å². The number of carbonyl (C=O) groups excluding carboxylic acids is 3. The Morgan fingerprint density at radius 1 is 0.957 bits per heavy atom. The van der Waals surface area contributed by atoms with E-state index in [9.17, 15) is 14.4 Å². The molecular formula is C17H16N2O4. The molecule has 0 radical (unpaired) electrons. The van der Waals surface area contributed by atoms with Crippen LogP contribution in [0.5, 0.6) is 0 Å². The van der Waals surface area contributed by atoms with E-state index in [1.807, 2.05) is 6.07 Å². The molecule has 2 saturated heterocycles. The van der Waals surface area contributed by atoms with Crippen LogP contribution in [0.4, 0.5) is 5.69 Å². The summed E-state index contributed by atoms with van der Waals surface area (Å²) < 4.78 is 5.31. The molecule has 4 atom stereocenters. The molecule has 1 aromatic carbocycles. The van der Waals surface area contributed by atoms with Crippen molar-refractivity contribution in [1.82, 2.24) is 4.90 Å². The largest absolute Gasteiger partial charge is 0.500 e. The Morgan fingerprint density at radius 3 is 2.26 bits per heavy atom. The van der Waals surface area contributed by atoms with Gasteiger partial charge >= 0.3 is 0 Å². The lowest BCUT2D eigenvalue weighted by molar-refractivity contribution is -0.151. The van der Waals surface area contributed by atoms with Crippen LogP contribution in [-0.2, 0) is 19.1 Å². The van der Waals surface area contributed by atoms with E-state index in [1.165, 1.54) is 12.0 Å². The Hall–Kier alpha value is -2.63. The second kappa shape index (κ2) is 4.68. The number of ether oxygens (including phenoxy) is 1. The van der Waals surface area contributed by atoms with Gasteiger partial charge in [-0.1, -0.05) is 18.2 Å². The number of imide groups is 1. The fourth-order valence-electron chi connectivity index (χ4n) is 4.00. The third-order valence-corrected chi connectivity index (χ3v) is 5.08. The van der Waals surface area contributed by atoms with Crippen molar-refractivity contribution in [2.75, 3.05) is 19.1 Å². The van der Waals surface area contributed by atoms with Crippen LogP contribution in [0.25, 0.3) is 0 Å². The zero-order valence-electron chi connectivity index (χ0n) is 12.8. The van der Waals surface area contributed by atoms with Gasteiger partial charge in [0.2, 0.25) is 17.7 Å². The summed E-state index contributed by atoms with van der Waals surface area (Å²) in [7, 11) is 3.16. The quantitative estimate of drug-likeness (QED) is 0.757. The molecule has 0 aromatic heterocycles. The molecule has 0 unspecified atom stereocenters. The minimum absolute atomic E-state index is 0.160. The second-order valence-electron chi connectivity index (χ2n) is 6.09. The van der Waals surface area contributed by atoms with Gasteiger partial charge in [-0.3, -0.25) is 14.4 Å². The smallest absolute Gasteiger partial charge is 0.240 e. The lowest BCUT2D eigenvalue weighted by Gasteiger charge is -2.45. The van der Waals surface area contributed by atoms with Gasteiger partial charge in [0.15, 0.2) is 0 Å². The van der Waals surface area contributed by atoms with Gasteiger partial charge in [-0.05, 0) is 18.2 Å². The standard InChI is InChI=1S/C17H16N2O4/c1-18-10-8-11(23-2)13(15(18)20)14-12(10)16(21)19(17(14)22)9-6-4-3-5-7-9/h3-8,10,12-14H,1-2H3/t10-,12+,13+,14+/m0/s1. The summed E-state index contributed by atoms with van der Waals surface area (Å²) >= 11 is 0. The van der Waals surface area contributed by atoms with E-state index in [4.69, 9.17) is 4.74 Å². The molecule has 0 saturated carbocycles. The molecule has 1 aromatic rings. The van der Waals surface area contributed by atoms with Crippen molar-refractivity contribution in [3.63, 3.8) is 0 Å². The Labute approximate surface area is 133 Å². The summed E-state index contributed by atoms with van der Waals surface area (Å²) in [6.45, 7) is 0. The van der Waals surface area contributed by atoms with Crippen LogP contribution < -0.4 is 4.90 Å². The van der Waals surface area contributed by atoms with E-state index in [1.54, 1.807) is 42.3 Å². The van der Waals surface area contributed by atoms with Gasteiger partial charge in [-0.2, -0.15) is 0 Å². The fraction of sp³-hybridized carbons (Fsp3) is 0.353. The number of piperidine rings is 1. The lowest BCUT2D eigenvalue weighted by atomic mass is 9.69. The molecule has 3 heterocycles. The fourth-order valence-corrected chi connectivity index (χ4v) is 4.00. The highest BCUT2D eigenvalue weighted by atomic mass is 16.5. The topological polar surface area (TPSA) is 66.9 Å². The average Bonchev–Trinajstić information content (AvgIpc) is 2.84. The summed E-state index contributed by atoms with van der Waals surface area (Å²) in [6.07, 6.45) is 1.80. The third-order valence-electron chi connectivity index (χ3n) is 5.08. The Balaban J connectivity index is 1.82. The average molecular weight is 312 g/mol. The van der Waals surface area contributed by atoms with Crippen LogP contribution in [0, 0.1) is 17.8 Å². The number of hydrogen-bond acceptors (Lipinski definition) is 4. The van der Waals surface area contributed by atoms with Crippen LogP contribution in [0.2, 0.25) is 0 Å². The number of hydrogen-bond donors (Lipinski definition) is 0. The molecule has 118 valence electrons. The van der Waals surface area contributed by atoms with Gasteiger partial charge in [0, 0.05) is 7.05 Å². The predicted octanol–water partition coefficient (Wildman–Crippen LogP) is 0.793. The van der Waals surface area contributed by atoms with Crippen LogP contribution in [0.1, 0.15) is 0 Å². The SMILES string of the molecule is COC1=C[C@H]2[C@H]3C(=O)N(c4ccccc4)C(=O)[C@H]3[C@@H]1C(=O)N2C. The van der Waals surface area contributed by atoms with Crippen LogP contribution in [0.3, 0.4) is 0 Å². The maximum atomic E-state index is 12.9. The molecule has 3 amide bonds. The third kappa shape index (κ3) is 1.66. The van der Waals surface area contributed by atoms with Crippen LogP contribution in [0.15, 0.2) is 42.2 Å². The Morgan fingerprint density at radius 2 is 1.61 bits per heavy atom. The molecule has 3 aliphatic heterocycles. The van der Waals surface area contributed by atoms with E-state index in [2.05, 4.69) is 0 Å². The summed E-state index contributed by atoms with van der Waals surface area (Å²) in [5, 5.41) is 0. The first kappa shape index (κ1) is 14.0. The number of anilines is 1. The van der Waals surface area contributed by atoms with E-state index < -0.39 is 23.8 Å². The maximum Gasteiger partial charge on any atom is 0.240 e. The first-order valence-electron chi connectivity index (χ1n) is 7.51. The van der Waals surface area contributed by atoms with Gasteiger partial charge in [0.25, 0.3) is 0 Å². The molecule has 6 heteroatoms. The summed E-state index contributed by atoms with van der Waals surface area (Å²) in [6, 6.07) is 8.41. The molecule has 0 spiro atoms. The van der Waals surface area contributed by atoms with E-state index in [0.29, 0.717) is 11.4 Å². The number of carbonyl (C=O) groups is 3. The van der Waals surface area contributed by atoms with Crippen molar-refractivity contribution < 1.29 is 19.1 Å².